The van der Waals surface area contributed by atoms with Gasteiger partial charge in [-0.3, -0.25) is 29.0 Å². The van der Waals surface area contributed by atoms with Crippen molar-refractivity contribution < 1.29 is 19.2 Å². The van der Waals surface area contributed by atoms with Crippen molar-refractivity contribution in [2.45, 2.75) is 6.92 Å². The fourth-order valence-corrected chi connectivity index (χ4v) is 5.58. The van der Waals surface area contributed by atoms with Crippen LogP contribution in [0.25, 0.3) is 0 Å². The van der Waals surface area contributed by atoms with Crippen molar-refractivity contribution >= 4 is 81.2 Å². The second-order valence-corrected chi connectivity index (χ2v) is 12.4. The number of hydrogen-bond acceptors (Lipinski definition) is 6. The standard InChI is InChI=1S/C35H32Cl4N4O4/c1-3-4-8-28(38)22(2)34(46)26-18-23(36)10-12-30(26)40-32(44)20-42-14-16-43(17-15-42)21-33(45)41-31-13-11-24(37)19-27(31)35(47)25-7-5-6-9-29(25)39/h3-13,18-19H,2,14-17,20-21H2,1H3,(H,40,44)(H,41,45)/b4-3-,28-8+. The molecule has 0 aliphatic carbocycles. The van der Waals surface area contributed by atoms with Crippen molar-refractivity contribution in [3.63, 3.8) is 0 Å². The number of rotatable bonds is 12. The highest BCUT2D eigenvalue weighted by Gasteiger charge is 2.24. The van der Waals surface area contributed by atoms with Gasteiger partial charge in [-0.2, -0.15) is 0 Å². The molecule has 1 aliphatic rings. The summed E-state index contributed by atoms with van der Waals surface area (Å²) in [6.07, 6.45) is 5.02. The number of ketones is 2. The predicted octanol–water partition coefficient (Wildman–Crippen LogP) is 7.51. The Kier molecular flexibility index (Phi) is 13.0. The summed E-state index contributed by atoms with van der Waals surface area (Å²) in [4.78, 5) is 56.3. The van der Waals surface area contributed by atoms with Crippen LogP contribution in [0.5, 0.6) is 0 Å². The Morgan fingerprint density at radius 2 is 1.28 bits per heavy atom. The number of benzene rings is 3. The maximum absolute atomic E-state index is 13.2. The number of anilines is 2. The monoisotopic (exact) mass is 712 g/mol. The lowest BCUT2D eigenvalue weighted by atomic mass is 10.0. The first kappa shape index (κ1) is 36.1. The molecule has 0 radical (unpaired) electrons. The lowest BCUT2D eigenvalue weighted by Crippen LogP contribution is -2.50. The highest BCUT2D eigenvalue weighted by molar-refractivity contribution is 6.38. The molecule has 0 aromatic heterocycles. The molecule has 2 N–H and O–H groups in total. The number of piperazine rings is 1. The molecule has 244 valence electrons. The molecule has 3 aromatic carbocycles. The Bertz CT molecular complexity index is 1760. The number of allylic oxidation sites excluding steroid dienone is 5. The zero-order chi connectivity index (χ0) is 34.1. The maximum atomic E-state index is 13.2. The smallest absolute Gasteiger partial charge is 0.238 e. The summed E-state index contributed by atoms with van der Waals surface area (Å²) < 4.78 is 0. The fraction of sp³-hybridized carbons (Fsp3) is 0.200. The SMILES string of the molecule is C=C(C(=O)c1cc(Cl)ccc1NC(=O)CN1CCN(CC(=O)Nc2ccc(Cl)cc2C(=O)c2ccccc2Cl)CC1)/C(Cl)=C\C=C/C. The lowest BCUT2D eigenvalue weighted by Gasteiger charge is -2.33. The van der Waals surface area contributed by atoms with Crippen LogP contribution in [0.15, 0.2) is 96.1 Å². The second-order valence-electron chi connectivity index (χ2n) is 10.7. The van der Waals surface area contributed by atoms with Crippen LogP contribution in [0.4, 0.5) is 11.4 Å². The molecule has 1 saturated heterocycles. The molecule has 1 fully saturated rings. The molecule has 1 heterocycles. The van der Waals surface area contributed by atoms with E-state index in [-0.39, 0.29) is 52.4 Å². The van der Waals surface area contributed by atoms with Crippen molar-refractivity contribution in [1.29, 1.82) is 0 Å². The number of carbonyl (C=O) groups is 4. The van der Waals surface area contributed by atoms with Crippen LogP contribution in [0, 0.1) is 0 Å². The zero-order valence-corrected chi connectivity index (χ0v) is 28.5. The minimum atomic E-state index is -0.459. The first-order chi connectivity index (χ1) is 22.5. The molecule has 0 spiro atoms. The van der Waals surface area contributed by atoms with E-state index in [1.54, 1.807) is 66.8 Å². The van der Waals surface area contributed by atoms with Crippen LogP contribution >= 0.6 is 46.4 Å². The van der Waals surface area contributed by atoms with Crippen LogP contribution in [0.2, 0.25) is 15.1 Å². The van der Waals surface area contributed by atoms with Crippen molar-refractivity contribution in [3.05, 3.63) is 128 Å². The highest BCUT2D eigenvalue weighted by Crippen LogP contribution is 2.28. The Balaban J connectivity index is 1.32. The van der Waals surface area contributed by atoms with Crippen molar-refractivity contribution in [2.75, 3.05) is 49.9 Å². The van der Waals surface area contributed by atoms with Gasteiger partial charge in [0.25, 0.3) is 0 Å². The van der Waals surface area contributed by atoms with E-state index in [0.29, 0.717) is 58.2 Å². The van der Waals surface area contributed by atoms with E-state index in [1.165, 1.54) is 12.1 Å². The van der Waals surface area contributed by atoms with Gasteiger partial charge < -0.3 is 10.6 Å². The van der Waals surface area contributed by atoms with E-state index in [2.05, 4.69) is 17.2 Å². The third-order valence-corrected chi connectivity index (χ3v) is 8.47. The third kappa shape index (κ3) is 9.87. The van der Waals surface area contributed by atoms with E-state index in [4.69, 9.17) is 46.4 Å². The minimum Gasteiger partial charge on any atom is -0.324 e. The Morgan fingerprint density at radius 1 is 0.766 bits per heavy atom. The molecule has 3 aromatic rings. The van der Waals surface area contributed by atoms with Crippen LogP contribution in [-0.2, 0) is 9.59 Å². The number of amides is 2. The molecule has 47 heavy (non-hydrogen) atoms. The number of hydrogen-bond donors (Lipinski definition) is 2. The number of carbonyl (C=O) groups excluding carboxylic acids is 4. The summed E-state index contributed by atoms with van der Waals surface area (Å²) in [5.41, 5.74) is 1.42. The van der Waals surface area contributed by atoms with Crippen molar-refractivity contribution in [2.24, 2.45) is 0 Å². The Morgan fingerprint density at radius 3 is 1.81 bits per heavy atom. The van der Waals surface area contributed by atoms with Crippen molar-refractivity contribution in [3.8, 4) is 0 Å². The van der Waals surface area contributed by atoms with Crippen LogP contribution in [-0.4, -0.2) is 72.4 Å². The van der Waals surface area contributed by atoms with Crippen LogP contribution in [0.1, 0.15) is 33.2 Å². The lowest BCUT2D eigenvalue weighted by molar-refractivity contribution is -0.120. The quantitative estimate of drug-likeness (QED) is 0.115. The average molecular weight is 714 g/mol. The molecule has 0 atom stereocenters. The number of Topliss-reactive ketones (excluding diaryl/α,β-unsaturated/α-hetero) is 1. The van der Waals surface area contributed by atoms with Crippen molar-refractivity contribution in [1.82, 2.24) is 9.80 Å². The summed E-state index contributed by atoms with van der Waals surface area (Å²) in [7, 11) is 0. The maximum Gasteiger partial charge on any atom is 0.238 e. The van der Waals surface area contributed by atoms with E-state index in [9.17, 15) is 19.2 Å². The Hall–Kier alpha value is -3.76. The third-order valence-electron chi connectivity index (χ3n) is 7.32. The van der Waals surface area contributed by atoms with E-state index >= 15 is 0 Å². The molecule has 0 saturated carbocycles. The van der Waals surface area contributed by atoms with Crippen LogP contribution in [0.3, 0.4) is 0 Å². The van der Waals surface area contributed by atoms with Gasteiger partial charge in [0, 0.05) is 58.5 Å². The zero-order valence-electron chi connectivity index (χ0n) is 25.5. The Labute approximate surface area is 293 Å². The number of nitrogens with one attached hydrogen (secondary N) is 2. The van der Waals surface area contributed by atoms with Gasteiger partial charge in [0.05, 0.1) is 34.5 Å². The largest absolute Gasteiger partial charge is 0.324 e. The average Bonchev–Trinajstić information content (AvgIpc) is 3.05. The van der Waals surface area contributed by atoms with Gasteiger partial charge in [-0.05, 0) is 61.5 Å². The summed E-state index contributed by atoms with van der Waals surface area (Å²) >= 11 is 24.8. The molecule has 1 aliphatic heterocycles. The molecular formula is C35H32Cl4N4O4. The first-order valence-corrected chi connectivity index (χ1v) is 16.1. The van der Waals surface area contributed by atoms with Gasteiger partial charge >= 0.3 is 0 Å². The highest BCUT2D eigenvalue weighted by atomic mass is 35.5. The van der Waals surface area contributed by atoms with Crippen LogP contribution < -0.4 is 10.6 Å². The number of halogens is 4. The minimum absolute atomic E-state index is 0.0715. The van der Waals surface area contributed by atoms with E-state index in [0.717, 1.165) is 0 Å². The van der Waals surface area contributed by atoms with Gasteiger partial charge in [-0.15, -0.1) is 0 Å². The van der Waals surface area contributed by atoms with Gasteiger partial charge in [0.15, 0.2) is 11.6 Å². The predicted molar refractivity (Wildman–Crippen MR) is 190 cm³/mol. The summed E-state index contributed by atoms with van der Waals surface area (Å²) in [6, 6.07) is 16.0. The molecular weight excluding hydrogens is 682 g/mol. The van der Waals surface area contributed by atoms with E-state index < -0.39 is 5.78 Å². The summed E-state index contributed by atoms with van der Waals surface area (Å²) in [5, 5.41) is 6.79. The fourth-order valence-electron chi connectivity index (χ4n) is 4.86. The first-order valence-electron chi connectivity index (χ1n) is 14.6. The summed E-state index contributed by atoms with van der Waals surface area (Å²) in [6.45, 7) is 7.93. The molecule has 4 rings (SSSR count). The normalized spacial score (nSPS) is 14.2. The van der Waals surface area contributed by atoms with Gasteiger partial charge in [-0.25, -0.2) is 0 Å². The molecule has 2 amide bonds. The second kappa shape index (κ2) is 16.9. The molecule has 8 nitrogen and oxygen atoms in total. The number of nitrogens with zero attached hydrogens (tertiary/aromatic N) is 2. The molecule has 0 unspecified atom stereocenters. The topological polar surface area (TPSA) is 98.8 Å². The van der Waals surface area contributed by atoms with Gasteiger partial charge in [0.1, 0.15) is 0 Å². The molecule has 12 heteroatoms. The molecule has 0 bridgehead atoms. The summed E-state index contributed by atoms with van der Waals surface area (Å²) in [5.74, 6) is -1.43. The van der Waals surface area contributed by atoms with Gasteiger partial charge in [0.2, 0.25) is 11.8 Å². The van der Waals surface area contributed by atoms with Gasteiger partial charge in [-0.1, -0.05) is 77.3 Å². The van der Waals surface area contributed by atoms with E-state index in [1.807, 2.05) is 16.7 Å².